The van der Waals surface area contributed by atoms with Gasteiger partial charge in [0.2, 0.25) is 0 Å². The van der Waals surface area contributed by atoms with E-state index >= 15 is 0 Å². The van der Waals surface area contributed by atoms with Crippen molar-refractivity contribution in [3.05, 3.63) is 24.3 Å². The third-order valence-electron chi connectivity index (χ3n) is 2.29. The molecule has 1 atom stereocenters. The fourth-order valence-electron chi connectivity index (χ4n) is 1.20. The molecule has 1 N–H and O–H groups in total. The van der Waals surface area contributed by atoms with Crippen molar-refractivity contribution in [2.45, 2.75) is 26.3 Å². The van der Waals surface area contributed by atoms with Gasteiger partial charge in [0.15, 0.2) is 11.5 Å². The molecule has 0 aliphatic rings. The van der Waals surface area contributed by atoms with Crippen LogP contribution in [-0.2, 0) is 0 Å². The first-order valence-electron chi connectivity index (χ1n) is 5.79. The molecule has 3 heteroatoms. The SMILES string of the molecule is CCCOc1ccccc1OCC(C)NC. The lowest BCUT2D eigenvalue weighted by Gasteiger charge is -2.15. The molecule has 0 heterocycles. The summed E-state index contributed by atoms with van der Waals surface area (Å²) < 4.78 is 11.3. The molecule has 0 spiro atoms. The van der Waals surface area contributed by atoms with Crippen molar-refractivity contribution >= 4 is 0 Å². The van der Waals surface area contributed by atoms with Gasteiger partial charge in [-0.2, -0.15) is 0 Å². The quantitative estimate of drug-likeness (QED) is 0.770. The minimum absolute atomic E-state index is 0.333. The lowest BCUT2D eigenvalue weighted by Crippen LogP contribution is -2.28. The molecule has 0 saturated carbocycles. The van der Waals surface area contributed by atoms with Crippen molar-refractivity contribution in [2.75, 3.05) is 20.3 Å². The van der Waals surface area contributed by atoms with E-state index in [0.717, 1.165) is 24.5 Å². The number of ether oxygens (including phenoxy) is 2. The van der Waals surface area contributed by atoms with Crippen LogP contribution in [0.15, 0.2) is 24.3 Å². The van der Waals surface area contributed by atoms with E-state index in [1.165, 1.54) is 0 Å². The number of hydrogen-bond donors (Lipinski definition) is 1. The maximum atomic E-state index is 5.70. The lowest BCUT2D eigenvalue weighted by atomic mass is 10.3. The summed E-state index contributed by atoms with van der Waals surface area (Å²) in [6.45, 7) is 5.53. The highest BCUT2D eigenvalue weighted by atomic mass is 16.5. The molecule has 16 heavy (non-hydrogen) atoms. The number of nitrogens with one attached hydrogen (secondary N) is 1. The number of hydrogen-bond acceptors (Lipinski definition) is 3. The molecule has 1 aromatic carbocycles. The van der Waals surface area contributed by atoms with Crippen molar-refractivity contribution < 1.29 is 9.47 Å². The van der Waals surface area contributed by atoms with Gasteiger partial charge in [0.25, 0.3) is 0 Å². The molecule has 0 aliphatic carbocycles. The van der Waals surface area contributed by atoms with Gasteiger partial charge in [-0.05, 0) is 32.5 Å². The molecule has 0 fully saturated rings. The van der Waals surface area contributed by atoms with Gasteiger partial charge in [0, 0.05) is 6.04 Å². The van der Waals surface area contributed by atoms with Gasteiger partial charge < -0.3 is 14.8 Å². The highest BCUT2D eigenvalue weighted by molar-refractivity contribution is 5.39. The van der Waals surface area contributed by atoms with E-state index in [2.05, 4.69) is 19.2 Å². The first-order valence-corrected chi connectivity index (χ1v) is 5.79. The van der Waals surface area contributed by atoms with E-state index in [4.69, 9.17) is 9.47 Å². The van der Waals surface area contributed by atoms with E-state index in [-0.39, 0.29) is 0 Å². The molecule has 0 radical (unpaired) electrons. The third kappa shape index (κ3) is 4.11. The van der Waals surface area contributed by atoms with Crippen LogP contribution in [0, 0.1) is 0 Å². The van der Waals surface area contributed by atoms with Crippen LogP contribution in [0.5, 0.6) is 11.5 Å². The Morgan fingerprint density at radius 2 is 1.81 bits per heavy atom. The van der Waals surface area contributed by atoms with Crippen LogP contribution in [0.4, 0.5) is 0 Å². The molecular weight excluding hydrogens is 202 g/mol. The zero-order chi connectivity index (χ0) is 11.8. The molecule has 1 rings (SSSR count). The highest BCUT2D eigenvalue weighted by Crippen LogP contribution is 2.26. The minimum Gasteiger partial charge on any atom is -0.490 e. The third-order valence-corrected chi connectivity index (χ3v) is 2.29. The molecule has 0 aliphatic heterocycles. The molecule has 1 aromatic rings. The van der Waals surface area contributed by atoms with E-state index in [1.54, 1.807) is 0 Å². The first-order chi connectivity index (χ1) is 7.77. The van der Waals surface area contributed by atoms with Crippen LogP contribution in [-0.4, -0.2) is 26.3 Å². The lowest BCUT2D eigenvalue weighted by molar-refractivity contribution is 0.250. The Hall–Kier alpha value is -1.22. The molecular formula is C13H21NO2. The second-order valence-corrected chi connectivity index (χ2v) is 3.80. The summed E-state index contributed by atoms with van der Waals surface area (Å²) in [5.74, 6) is 1.64. The maximum absolute atomic E-state index is 5.70. The molecule has 0 amide bonds. The average Bonchev–Trinajstić information content (AvgIpc) is 2.34. The van der Waals surface area contributed by atoms with Crippen LogP contribution < -0.4 is 14.8 Å². The predicted octanol–water partition coefficient (Wildman–Crippen LogP) is 2.46. The molecule has 0 bridgehead atoms. The minimum atomic E-state index is 0.333. The molecule has 3 nitrogen and oxygen atoms in total. The summed E-state index contributed by atoms with van der Waals surface area (Å²) in [4.78, 5) is 0. The number of rotatable bonds is 7. The van der Waals surface area contributed by atoms with Crippen molar-refractivity contribution in [3.8, 4) is 11.5 Å². The number of likely N-dealkylation sites (N-methyl/N-ethyl adjacent to an activating group) is 1. The topological polar surface area (TPSA) is 30.5 Å². The van der Waals surface area contributed by atoms with E-state index in [9.17, 15) is 0 Å². The van der Waals surface area contributed by atoms with Gasteiger partial charge in [-0.1, -0.05) is 19.1 Å². The Kier molecular flexibility index (Phi) is 5.72. The Balaban J connectivity index is 2.56. The Morgan fingerprint density at radius 3 is 2.38 bits per heavy atom. The Morgan fingerprint density at radius 1 is 1.19 bits per heavy atom. The second-order valence-electron chi connectivity index (χ2n) is 3.80. The molecule has 90 valence electrons. The Bertz CT molecular complexity index is 302. The maximum Gasteiger partial charge on any atom is 0.161 e. The predicted molar refractivity (Wildman–Crippen MR) is 66.2 cm³/mol. The van der Waals surface area contributed by atoms with Crippen molar-refractivity contribution in [1.29, 1.82) is 0 Å². The molecule has 0 saturated heterocycles. The highest BCUT2D eigenvalue weighted by Gasteiger charge is 2.05. The zero-order valence-electron chi connectivity index (χ0n) is 10.3. The number of para-hydroxylation sites is 2. The number of benzene rings is 1. The van der Waals surface area contributed by atoms with Gasteiger partial charge in [0.05, 0.1) is 6.61 Å². The van der Waals surface area contributed by atoms with Crippen LogP contribution >= 0.6 is 0 Å². The van der Waals surface area contributed by atoms with Gasteiger partial charge in [-0.25, -0.2) is 0 Å². The zero-order valence-corrected chi connectivity index (χ0v) is 10.3. The van der Waals surface area contributed by atoms with E-state index in [0.29, 0.717) is 12.6 Å². The van der Waals surface area contributed by atoms with Crippen LogP contribution in [0.2, 0.25) is 0 Å². The smallest absolute Gasteiger partial charge is 0.161 e. The van der Waals surface area contributed by atoms with Crippen LogP contribution in [0.3, 0.4) is 0 Å². The first kappa shape index (κ1) is 12.8. The Labute approximate surface area is 97.8 Å². The summed E-state index contributed by atoms with van der Waals surface area (Å²) in [6, 6.07) is 8.12. The van der Waals surface area contributed by atoms with Gasteiger partial charge in [-0.3, -0.25) is 0 Å². The standard InChI is InChI=1S/C13H21NO2/c1-4-9-15-12-7-5-6-8-13(12)16-10-11(2)14-3/h5-8,11,14H,4,9-10H2,1-3H3. The summed E-state index contributed by atoms with van der Waals surface area (Å²) in [5.41, 5.74) is 0. The van der Waals surface area contributed by atoms with Gasteiger partial charge >= 0.3 is 0 Å². The van der Waals surface area contributed by atoms with Gasteiger partial charge in [-0.15, -0.1) is 0 Å². The van der Waals surface area contributed by atoms with Crippen molar-refractivity contribution in [1.82, 2.24) is 5.32 Å². The average molecular weight is 223 g/mol. The van der Waals surface area contributed by atoms with Gasteiger partial charge in [0.1, 0.15) is 6.61 Å². The summed E-state index contributed by atoms with van der Waals surface area (Å²) in [5, 5.41) is 3.13. The van der Waals surface area contributed by atoms with E-state index < -0.39 is 0 Å². The fourth-order valence-corrected chi connectivity index (χ4v) is 1.20. The second kappa shape index (κ2) is 7.12. The summed E-state index contributed by atoms with van der Waals surface area (Å²) >= 11 is 0. The summed E-state index contributed by atoms with van der Waals surface area (Å²) in [6.07, 6.45) is 1.00. The normalized spacial score (nSPS) is 12.2. The monoisotopic (exact) mass is 223 g/mol. The largest absolute Gasteiger partial charge is 0.490 e. The molecule has 1 unspecified atom stereocenters. The fraction of sp³-hybridized carbons (Fsp3) is 0.538. The van der Waals surface area contributed by atoms with Crippen LogP contribution in [0.1, 0.15) is 20.3 Å². The van der Waals surface area contributed by atoms with Crippen LogP contribution in [0.25, 0.3) is 0 Å². The van der Waals surface area contributed by atoms with E-state index in [1.807, 2.05) is 31.3 Å². The molecule has 0 aromatic heterocycles. The van der Waals surface area contributed by atoms with Crippen molar-refractivity contribution in [2.24, 2.45) is 0 Å². The summed E-state index contributed by atoms with van der Waals surface area (Å²) in [7, 11) is 1.92. The van der Waals surface area contributed by atoms with Crippen molar-refractivity contribution in [3.63, 3.8) is 0 Å².